The minimum Gasteiger partial charge on any atom is -0.496 e. The molecule has 2 rings (SSSR count). The summed E-state index contributed by atoms with van der Waals surface area (Å²) in [5.74, 6) is 0.399. The summed E-state index contributed by atoms with van der Waals surface area (Å²) in [6.07, 6.45) is 3.38. The van der Waals surface area contributed by atoms with Crippen LogP contribution in [0.3, 0.4) is 0 Å². The van der Waals surface area contributed by atoms with Crippen LogP contribution in [0.1, 0.15) is 25.5 Å². The van der Waals surface area contributed by atoms with Gasteiger partial charge in [0, 0.05) is 24.5 Å². The Balaban J connectivity index is 2.37. The molecule has 0 saturated carbocycles. The molecule has 1 aromatic carbocycles. The van der Waals surface area contributed by atoms with Gasteiger partial charge in [-0.2, -0.15) is 0 Å². The first-order valence-electron chi connectivity index (χ1n) is 6.52. The Hall–Kier alpha value is -2.57. The van der Waals surface area contributed by atoms with Crippen LogP contribution in [-0.4, -0.2) is 21.2 Å². The van der Waals surface area contributed by atoms with Crippen LogP contribution in [0.4, 0.5) is 5.69 Å². The molecule has 1 heterocycles. The van der Waals surface area contributed by atoms with E-state index in [4.69, 9.17) is 4.74 Å². The number of methoxy groups -OCH3 is 1. The molecule has 0 aliphatic rings. The first-order chi connectivity index (χ1) is 9.92. The molecule has 0 unspecified atom stereocenters. The van der Waals surface area contributed by atoms with Gasteiger partial charge in [0.15, 0.2) is 0 Å². The Bertz CT molecular complexity index is 715. The average molecular weight is 291 g/mol. The van der Waals surface area contributed by atoms with Gasteiger partial charge in [0.1, 0.15) is 5.75 Å². The summed E-state index contributed by atoms with van der Waals surface area (Å²) < 4.78 is 8.18. The lowest BCUT2D eigenvalue weighted by atomic mass is 10.2. The lowest BCUT2D eigenvalue weighted by Crippen LogP contribution is -2.25. The number of imidazole rings is 1. The molecule has 0 N–H and O–H groups in total. The molecule has 0 aliphatic heterocycles. The topological polar surface area (TPSA) is 79.3 Å². The lowest BCUT2D eigenvalue weighted by molar-refractivity contribution is -0.385. The molecular weight excluding hydrogens is 274 g/mol. The second-order valence-corrected chi connectivity index (χ2v) is 5.01. The summed E-state index contributed by atoms with van der Waals surface area (Å²) in [5, 5.41) is 10.9. The molecule has 0 spiro atoms. The zero-order chi connectivity index (χ0) is 15.6. The van der Waals surface area contributed by atoms with Crippen molar-refractivity contribution in [3.63, 3.8) is 0 Å². The number of rotatable bonds is 5. The van der Waals surface area contributed by atoms with Crippen LogP contribution in [-0.2, 0) is 6.54 Å². The molecule has 21 heavy (non-hydrogen) atoms. The van der Waals surface area contributed by atoms with Gasteiger partial charge in [-0.25, -0.2) is 4.79 Å². The number of nitro benzene ring substituents is 1. The molecule has 0 saturated heterocycles. The summed E-state index contributed by atoms with van der Waals surface area (Å²) in [5.41, 5.74) is 0.445. The predicted molar refractivity (Wildman–Crippen MR) is 77.8 cm³/mol. The number of hydrogen-bond donors (Lipinski definition) is 0. The lowest BCUT2D eigenvalue weighted by Gasteiger charge is -2.07. The first kappa shape index (κ1) is 14.8. The monoisotopic (exact) mass is 291 g/mol. The summed E-state index contributed by atoms with van der Waals surface area (Å²) in [4.78, 5) is 22.6. The zero-order valence-corrected chi connectivity index (χ0v) is 12.1. The minimum absolute atomic E-state index is 0.0549. The molecule has 2 aromatic rings. The maximum Gasteiger partial charge on any atom is 0.328 e. The number of hydrogen-bond acceptors (Lipinski definition) is 4. The number of nitrogens with zero attached hydrogens (tertiary/aromatic N) is 3. The van der Waals surface area contributed by atoms with E-state index in [0.717, 1.165) is 0 Å². The van der Waals surface area contributed by atoms with E-state index in [0.29, 0.717) is 11.3 Å². The standard InChI is InChI=1S/C14H17N3O4/c1-10(2)16-5-4-15(14(16)18)9-11-6-12(17(19)20)8-13(7-11)21-3/h4-8,10H,9H2,1-3H3. The van der Waals surface area contributed by atoms with Gasteiger partial charge >= 0.3 is 5.69 Å². The molecule has 0 radical (unpaired) electrons. The van der Waals surface area contributed by atoms with Crippen molar-refractivity contribution in [3.05, 3.63) is 56.8 Å². The molecule has 0 amide bonds. The quantitative estimate of drug-likeness (QED) is 0.625. The highest BCUT2D eigenvalue weighted by Crippen LogP contribution is 2.23. The zero-order valence-electron chi connectivity index (χ0n) is 12.1. The van der Waals surface area contributed by atoms with Gasteiger partial charge in [-0.05, 0) is 25.5 Å². The van der Waals surface area contributed by atoms with Crippen LogP contribution in [0.25, 0.3) is 0 Å². The van der Waals surface area contributed by atoms with Crippen LogP contribution >= 0.6 is 0 Å². The summed E-state index contributed by atoms with van der Waals surface area (Å²) in [6, 6.07) is 4.55. The third kappa shape index (κ3) is 3.13. The summed E-state index contributed by atoms with van der Waals surface area (Å²) in [7, 11) is 1.45. The largest absolute Gasteiger partial charge is 0.496 e. The first-order valence-corrected chi connectivity index (χ1v) is 6.52. The third-order valence-electron chi connectivity index (χ3n) is 3.18. The van der Waals surface area contributed by atoms with Gasteiger partial charge < -0.3 is 4.74 Å². The fraction of sp³-hybridized carbons (Fsp3) is 0.357. The Labute approximate surface area is 121 Å². The van der Waals surface area contributed by atoms with Crippen molar-refractivity contribution in [2.75, 3.05) is 7.11 Å². The van der Waals surface area contributed by atoms with Crippen LogP contribution < -0.4 is 10.4 Å². The molecule has 0 fully saturated rings. The Morgan fingerprint density at radius 3 is 2.52 bits per heavy atom. The highest BCUT2D eigenvalue weighted by atomic mass is 16.6. The molecule has 7 nitrogen and oxygen atoms in total. The number of ether oxygens (including phenoxy) is 1. The van der Waals surface area contributed by atoms with Gasteiger partial charge in [-0.3, -0.25) is 19.2 Å². The van der Waals surface area contributed by atoms with Crippen molar-refractivity contribution in [3.8, 4) is 5.75 Å². The van der Waals surface area contributed by atoms with E-state index in [1.165, 1.54) is 23.8 Å². The van der Waals surface area contributed by atoms with Crippen molar-refractivity contribution >= 4 is 5.69 Å². The number of non-ortho nitro benzene ring substituents is 1. The molecule has 0 aliphatic carbocycles. The van der Waals surface area contributed by atoms with Crippen LogP contribution in [0, 0.1) is 10.1 Å². The van der Waals surface area contributed by atoms with Gasteiger partial charge in [0.2, 0.25) is 0 Å². The van der Waals surface area contributed by atoms with Crippen molar-refractivity contribution < 1.29 is 9.66 Å². The summed E-state index contributed by atoms with van der Waals surface area (Å²) >= 11 is 0. The van der Waals surface area contributed by atoms with E-state index in [1.807, 2.05) is 13.8 Å². The fourth-order valence-corrected chi connectivity index (χ4v) is 2.10. The van der Waals surface area contributed by atoms with Crippen LogP contribution in [0.5, 0.6) is 5.75 Å². The van der Waals surface area contributed by atoms with Crippen LogP contribution in [0.15, 0.2) is 35.4 Å². The molecule has 0 atom stereocenters. The van der Waals surface area contributed by atoms with E-state index in [2.05, 4.69) is 0 Å². The maximum atomic E-state index is 12.1. The van der Waals surface area contributed by atoms with E-state index in [9.17, 15) is 14.9 Å². The van der Waals surface area contributed by atoms with Gasteiger partial charge in [-0.15, -0.1) is 0 Å². The van der Waals surface area contributed by atoms with E-state index < -0.39 is 4.92 Å². The Morgan fingerprint density at radius 1 is 1.29 bits per heavy atom. The SMILES string of the molecule is COc1cc(Cn2ccn(C(C)C)c2=O)cc([N+](=O)[O-])c1. The second-order valence-electron chi connectivity index (χ2n) is 5.01. The van der Waals surface area contributed by atoms with Crippen molar-refractivity contribution in [2.45, 2.75) is 26.4 Å². The fourth-order valence-electron chi connectivity index (χ4n) is 2.10. The molecule has 1 aromatic heterocycles. The summed E-state index contributed by atoms with van der Waals surface area (Å²) in [6.45, 7) is 4.10. The second kappa shape index (κ2) is 5.82. The van der Waals surface area contributed by atoms with Crippen LogP contribution in [0.2, 0.25) is 0 Å². The average Bonchev–Trinajstić information content (AvgIpc) is 2.80. The van der Waals surface area contributed by atoms with Gasteiger partial charge in [-0.1, -0.05) is 0 Å². The van der Waals surface area contributed by atoms with E-state index in [1.54, 1.807) is 23.0 Å². The van der Waals surface area contributed by atoms with Crippen molar-refractivity contribution in [2.24, 2.45) is 0 Å². The van der Waals surface area contributed by atoms with E-state index in [-0.39, 0.29) is 24.0 Å². The highest BCUT2D eigenvalue weighted by Gasteiger charge is 2.12. The Morgan fingerprint density at radius 2 is 2.00 bits per heavy atom. The Kier molecular flexibility index (Phi) is 4.11. The minimum atomic E-state index is -0.478. The van der Waals surface area contributed by atoms with Gasteiger partial charge in [0.05, 0.1) is 24.6 Å². The van der Waals surface area contributed by atoms with Gasteiger partial charge in [0.25, 0.3) is 5.69 Å². The van der Waals surface area contributed by atoms with E-state index >= 15 is 0 Å². The highest BCUT2D eigenvalue weighted by molar-refractivity contribution is 5.42. The molecule has 112 valence electrons. The predicted octanol–water partition coefficient (Wildman–Crippen LogP) is 2.20. The maximum absolute atomic E-state index is 12.1. The third-order valence-corrected chi connectivity index (χ3v) is 3.18. The van der Waals surface area contributed by atoms with Crippen molar-refractivity contribution in [1.29, 1.82) is 0 Å². The number of benzene rings is 1. The van der Waals surface area contributed by atoms with Crippen molar-refractivity contribution in [1.82, 2.24) is 9.13 Å². The molecule has 7 heteroatoms. The number of nitro groups is 1. The normalized spacial score (nSPS) is 10.9. The molecular formula is C14H17N3O4. The smallest absolute Gasteiger partial charge is 0.328 e. The molecule has 0 bridgehead atoms. The number of aromatic nitrogens is 2.